The van der Waals surface area contributed by atoms with Gasteiger partial charge in [-0.15, -0.1) is 10.2 Å². The third-order valence-corrected chi connectivity index (χ3v) is 7.03. The molecule has 0 spiro atoms. The summed E-state index contributed by atoms with van der Waals surface area (Å²) < 4.78 is 14.8. The van der Waals surface area contributed by atoms with Crippen LogP contribution < -0.4 is 14.8 Å². The average molecular weight is 524 g/mol. The van der Waals surface area contributed by atoms with Crippen molar-refractivity contribution >= 4 is 17.2 Å². The van der Waals surface area contributed by atoms with Gasteiger partial charge < -0.3 is 23.8 Å². The van der Waals surface area contributed by atoms with Crippen molar-refractivity contribution in [3.63, 3.8) is 0 Å². The van der Waals surface area contributed by atoms with Gasteiger partial charge in [0.2, 0.25) is 5.91 Å². The molecule has 0 atom stereocenters. The van der Waals surface area contributed by atoms with Crippen molar-refractivity contribution in [1.29, 1.82) is 0 Å². The Morgan fingerprint density at radius 1 is 0.974 bits per heavy atom. The fourth-order valence-corrected chi connectivity index (χ4v) is 5.10. The molecule has 0 unspecified atom stereocenters. The predicted octanol–water partition coefficient (Wildman–Crippen LogP) is 3.81. The highest BCUT2D eigenvalue weighted by molar-refractivity contribution is 5.90. The van der Waals surface area contributed by atoms with Crippen LogP contribution in [0.2, 0.25) is 0 Å². The van der Waals surface area contributed by atoms with Crippen molar-refractivity contribution in [3.05, 3.63) is 90.3 Å². The molecule has 0 radical (unpaired) electrons. The minimum absolute atomic E-state index is 0.143. The van der Waals surface area contributed by atoms with Gasteiger partial charge in [0.25, 0.3) is 0 Å². The Balaban J connectivity index is 1.24. The molecule has 0 bridgehead atoms. The number of imidazole rings is 1. The summed E-state index contributed by atoms with van der Waals surface area (Å²) in [6.07, 6.45) is 6.03. The highest BCUT2D eigenvalue weighted by atomic mass is 16.5. The fourth-order valence-electron chi connectivity index (χ4n) is 5.10. The van der Waals surface area contributed by atoms with Crippen LogP contribution in [-0.4, -0.2) is 55.7 Å². The van der Waals surface area contributed by atoms with Crippen LogP contribution in [0.25, 0.3) is 16.9 Å². The maximum absolute atomic E-state index is 12.4. The summed E-state index contributed by atoms with van der Waals surface area (Å²) in [5.41, 5.74) is 7.22. The minimum Gasteiger partial charge on any atom is -0.493 e. The molecule has 198 valence electrons. The van der Waals surface area contributed by atoms with Crippen LogP contribution in [0.15, 0.2) is 73.4 Å². The van der Waals surface area contributed by atoms with Crippen molar-refractivity contribution in [2.24, 2.45) is 0 Å². The van der Waals surface area contributed by atoms with E-state index in [4.69, 9.17) is 14.5 Å². The molecule has 2 aromatic carbocycles. The third kappa shape index (κ3) is 5.06. The lowest BCUT2D eigenvalue weighted by molar-refractivity contribution is -0.116. The number of fused-ring (bicyclic) bond motifs is 2. The average Bonchev–Trinajstić information content (AvgIpc) is 3.60. The number of aromatic nitrogens is 5. The molecule has 1 amide bonds. The summed E-state index contributed by atoms with van der Waals surface area (Å²) >= 11 is 0. The van der Waals surface area contributed by atoms with Crippen molar-refractivity contribution in [2.75, 3.05) is 26.1 Å². The first-order chi connectivity index (χ1) is 19.1. The van der Waals surface area contributed by atoms with E-state index >= 15 is 0 Å². The second kappa shape index (κ2) is 10.6. The molecule has 4 heterocycles. The van der Waals surface area contributed by atoms with Crippen molar-refractivity contribution < 1.29 is 14.3 Å². The Hall–Kier alpha value is -4.70. The van der Waals surface area contributed by atoms with Gasteiger partial charge in [-0.25, -0.2) is 4.98 Å². The Morgan fingerprint density at radius 3 is 2.46 bits per heavy atom. The van der Waals surface area contributed by atoms with Gasteiger partial charge in [0.1, 0.15) is 24.8 Å². The first kappa shape index (κ1) is 24.6. The molecule has 1 aliphatic rings. The van der Waals surface area contributed by atoms with E-state index in [2.05, 4.69) is 43.1 Å². The second-order valence-corrected chi connectivity index (χ2v) is 9.53. The van der Waals surface area contributed by atoms with Gasteiger partial charge in [0.05, 0.1) is 25.6 Å². The Kier molecular flexibility index (Phi) is 6.68. The SMILES string of the molecule is COc1cc2c(cc1OC)CN(Cc1c(-c3ccc(NC(=O)Cn4cnnc4)cc3)nc3ccccn13)CC2. The minimum atomic E-state index is -0.143. The van der Waals surface area contributed by atoms with E-state index in [9.17, 15) is 4.79 Å². The van der Waals surface area contributed by atoms with Crippen LogP contribution in [0.3, 0.4) is 0 Å². The van der Waals surface area contributed by atoms with E-state index < -0.39 is 0 Å². The molecular weight excluding hydrogens is 494 g/mol. The number of nitrogens with one attached hydrogen (secondary N) is 1. The lowest BCUT2D eigenvalue weighted by atomic mass is 9.98. The van der Waals surface area contributed by atoms with E-state index in [1.165, 1.54) is 23.8 Å². The predicted molar refractivity (Wildman–Crippen MR) is 147 cm³/mol. The van der Waals surface area contributed by atoms with Gasteiger partial charge >= 0.3 is 0 Å². The molecule has 39 heavy (non-hydrogen) atoms. The third-order valence-electron chi connectivity index (χ3n) is 7.03. The number of hydrogen-bond donors (Lipinski definition) is 1. The number of carbonyl (C=O) groups is 1. The Labute approximate surface area is 225 Å². The first-order valence-corrected chi connectivity index (χ1v) is 12.8. The summed E-state index contributed by atoms with van der Waals surface area (Å²) in [6.45, 7) is 2.64. The van der Waals surface area contributed by atoms with Crippen LogP contribution in [0.5, 0.6) is 11.5 Å². The summed E-state index contributed by atoms with van der Waals surface area (Å²) in [7, 11) is 3.34. The van der Waals surface area contributed by atoms with E-state index in [0.717, 1.165) is 65.8 Å². The molecule has 0 fully saturated rings. The Morgan fingerprint density at radius 2 is 1.72 bits per heavy atom. The number of benzene rings is 2. The number of nitrogens with zero attached hydrogens (tertiary/aromatic N) is 6. The lowest BCUT2D eigenvalue weighted by Gasteiger charge is -2.29. The summed E-state index contributed by atoms with van der Waals surface area (Å²) in [5, 5.41) is 10.4. The summed E-state index contributed by atoms with van der Waals surface area (Å²) in [5.74, 6) is 1.38. The maximum Gasteiger partial charge on any atom is 0.244 e. The van der Waals surface area contributed by atoms with Gasteiger partial charge in [-0.05, 0) is 53.9 Å². The Bertz CT molecular complexity index is 1610. The van der Waals surface area contributed by atoms with E-state index in [0.29, 0.717) is 0 Å². The number of anilines is 1. The largest absolute Gasteiger partial charge is 0.493 e. The van der Waals surface area contributed by atoms with Crippen LogP contribution in [-0.2, 0) is 30.8 Å². The first-order valence-electron chi connectivity index (χ1n) is 12.8. The van der Waals surface area contributed by atoms with Crippen molar-refractivity contribution in [3.8, 4) is 22.8 Å². The smallest absolute Gasteiger partial charge is 0.244 e. The number of methoxy groups -OCH3 is 2. The van der Waals surface area contributed by atoms with Gasteiger partial charge in [-0.2, -0.15) is 0 Å². The molecule has 3 aromatic heterocycles. The quantitative estimate of drug-likeness (QED) is 0.330. The van der Waals surface area contributed by atoms with Crippen molar-refractivity contribution in [1.82, 2.24) is 29.0 Å². The van der Waals surface area contributed by atoms with E-state index in [1.807, 2.05) is 42.5 Å². The van der Waals surface area contributed by atoms with E-state index in [1.54, 1.807) is 18.8 Å². The molecule has 0 aliphatic carbocycles. The zero-order valence-corrected chi connectivity index (χ0v) is 21.9. The highest BCUT2D eigenvalue weighted by Gasteiger charge is 2.23. The van der Waals surface area contributed by atoms with Gasteiger partial charge in [-0.3, -0.25) is 9.69 Å². The number of hydrogen-bond acceptors (Lipinski definition) is 7. The number of pyridine rings is 1. The van der Waals surface area contributed by atoms with Crippen LogP contribution in [0.4, 0.5) is 5.69 Å². The fraction of sp³-hybridized carbons (Fsp3) is 0.241. The normalized spacial score (nSPS) is 13.3. The molecule has 5 aromatic rings. The highest BCUT2D eigenvalue weighted by Crippen LogP contribution is 2.34. The molecular formula is C29H29N7O3. The zero-order chi connectivity index (χ0) is 26.8. The van der Waals surface area contributed by atoms with Crippen LogP contribution >= 0.6 is 0 Å². The monoisotopic (exact) mass is 523 g/mol. The number of rotatable bonds is 8. The van der Waals surface area contributed by atoms with Gasteiger partial charge in [0, 0.05) is 37.1 Å². The second-order valence-electron chi connectivity index (χ2n) is 9.53. The van der Waals surface area contributed by atoms with E-state index in [-0.39, 0.29) is 12.5 Å². The number of ether oxygens (including phenoxy) is 2. The zero-order valence-electron chi connectivity index (χ0n) is 21.9. The number of amides is 1. The summed E-state index contributed by atoms with van der Waals surface area (Å²) in [6, 6.07) is 18.1. The molecule has 10 heteroatoms. The maximum atomic E-state index is 12.4. The molecule has 0 saturated heterocycles. The molecule has 0 saturated carbocycles. The molecule has 1 aliphatic heterocycles. The molecule has 1 N–H and O–H groups in total. The topological polar surface area (TPSA) is 98.8 Å². The van der Waals surface area contributed by atoms with Gasteiger partial charge in [-0.1, -0.05) is 18.2 Å². The van der Waals surface area contributed by atoms with Crippen LogP contribution in [0.1, 0.15) is 16.8 Å². The molecule has 6 rings (SSSR count). The summed E-state index contributed by atoms with van der Waals surface area (Å²) in [4.78, 5) is 19.8. The van der Waals surface area contributed by atoms with Crippen molar-refractivity contribution in [2.45, 2.75) is 26.1 Å². The number of carbonyl (C=O) groups excluding carboxylic acids is 1. The van der Waals surface area contributed by atoms with Gasteiger partial charge in [0.15, 0.2) is 11.5 Å². The van der Waals surface area contributed by atoms with Crippen LogP contribution in [0, 0.1) is 0 Å². The lowest BCUT2D eigenvalue weighted by Crippen LogP contribution is -2.30. The molecule has 10 nitrogen and oxygen atoms in total. The standard InChI is InChI=1S/C29H29N7O3/c1-38-25-13-21-10-12-34(15-22(21)14-26(25)39-2)16-24-29(33-27-5-3-4-11-36(24)27)20-6-8-23(9-7-20)32-28(37)17-35-18-30-31-19-35/h3-9,11,13-14,18-19H,10,12,15-17H2,1-2H3,(H,32,37).